The molecule has 0 fully saturated rings. The minimum Gasteiger partial charge on any atom is -0.461 e. The summed E-state index contributed by atoms with van der Waals surface area (Å²) in [6.45, 7) is 2.40. The Morgan fingerprint density at radius 3 is 2.60 bits per heavy atom. The van der Waals surface area contributed by atoms with Crippen molar-refractivity contribution in [1.29, 1.82) is 0 Å². The van der Waals surface area contributed by atoms with Crippen LogP contribution in [0.4, 0.5) is 11.4 Å². The Morgan fingerprint density at radius 2 is 2.00 bits per heavy atom. The average molecular weight is 361 g/mol. The van der Waals surface area contributed by atoms with Gasteiger partial charge in [-0.2, -0.15) is 0 Å². The van der Waals surface area contributed by atoms with Crippen LogP contribution in [0.3, 0.4) is 0 Å². The van der Waals surface area contributed by atoms with Crippen molar-refractivity contribution in [2.75, 3.05) is 0 Å². The predicted molar refractivity (Wildman–Crippen MR) is 87.3 cm³/mol. The number of nitrogens with zero attached hydrogens (tertiary/aromatic N) is 5. The third kappa shape index (κ3) is 3.21. The number of benzene rings is 1. The number of hydrogen-bond acceptors (Lipinski definition) is 8. The molecular weight excluding hydrogens is 350 g/mol. The van der Waals surface area contributed by atoms with Crippen LogP contribution in [0.5, 0.6) is 0 Å². The maximum absolute atomic E-state index is 11.2. The summed E-state index contributed by atoms with van der Waals surface area (Å²) in [4.78, 5) is 21.0. The van der Waals surface area contributed by atoms with Gasteiger partial charge < -0.3 is 4.42 Å². The first-order chi connectivity index (χ1) is 12.0. The molecular formula is C14H11N5O5S. The fourth-order valence-corrected chi connectivity index (χ4v) is 3.16. The van der Waals surface area contributed by atoms with Crippen LogP contribution in [0, 0.1) is 20.2 Å². The SMILES string of the molecule is CCn1c(Sc2ccc([N+](=O)[O-])cc2[N+](=O)[O-])nnc1-c1ccco1. The summed E-state index contributed by atoms with van der Waals surface area (Å²) in [7, 11) is 0. The molecule has 0 aliphatic heterocycles. The Bertz CT molecular complexity index is 937. The van der Waals surface area contributed by atoms with E-state index >= 15 is 0 Å². The van der Waals surface area contributed by atoms with E-state index in [0.29, 0.717) is 23.3 Å². The zero-order valence-corrected chi connectivity index (χ0v) is 13.7. The molecule has 1 aromatic carbocycles. The summed E-state index contributed by atoms with van der Waals surface area (Å²) in [6.07, 6.45) is 1.51. The average Bonchev–Trinajstić information content (AvgIpc) is 3.23. The highest BCUT2D eigenvalue weighted by Gasteiger charge is 2.23. The lowest BCUT2D eigenvalue weighted by atomic mass is 10.3. The normalized spacial score (nSPS) is 10.8. The molecule has 11 heteroatoms. The number of nitro groups is 2. The van der Waals surface area contributed by atoms with E-state index in [-0.39, 0.29) is 16.3 Å². The Balaban J connectivity index is 2.00. The molecule has 0 N–H and O–H groups in total. The predicted octanol–water partition coefficient (Wildman–Crippen LogP) is 3.53. The minimum absolute atomic E-state index is 0.240. The van der Waals surface area contributed by atoms with Crippen molar-refractivity contribution in [3.63, 3.8) is 0 Å². The van der Waals surface area contributed by atoms with Gasteiger partial charge in [-0.05, 0) is 36.9 Å². The van der Waals surface area contributed by atoms with Gasteiger partial charge in [-0.25, -0.2) is 0 Å². The van der Waals surface area contributed by atoms with E-state index in [1.54, 1.807) is 16.7 Å². The first-order valence-electron chi connectivity index (χ1n) is 7.09. The van der Waals surface area contributed by atoms with E-state index in [0.717, 1.165) is 17.8 Å². The highest BCUT2D eigenvalue weighted by molar-refractivity contribution is 7.99. The summed E-state index contributed by atoms with van der Waals surface area (Å²) in [6, 6.07) is 6.94. The molecule has 0 aliphatic rings. The summed E-state index contributed by atoms with van der Waals surface area (Å²) in [5, 5.41) is 30.6. The van der Waals surface area contributed by atoms with Gasteiger partial charge in [-0.15, -0.1) is 10.2 Å². The van der Waals surface area contributed by atoms with Crippen LogP contribution in [-0.2, 0) is 6.54 Å². The van der Waals surface area contributed by atoms with Crippen LogP contribution in [0.2, 0.25) is 0 Å². The number of nitro benzene ring substituents is 2. The van der Waals surface area contributed by atoms with E-state index in [1.807, 2.05) is 6.92 Å². The molecule has 10 nitrogen and oxygen atoms in total. The van der Waals surface area contributed by atoms with Crippen LogP contribution >= 0.6 is 11.8 Å². The molecule has 0 unspecified atom stereocenters. The molecule has 0 atom stereocenters. The zero-order valence-electron chi connectivity index (χ0n) is 12.9. The lowest BCUT2D eigenvalue weighted by molar-refractivity contribution is -0.396. The van der Waals surface area contributed by atoms with Gasteiger partial charge in [0.2, 0.25) is 0 Å². The maximum Gasteiger partial charge on any atom is 0.290 e. The molecule has 0 spiro atoms. The van der Waals surface area contributed by atoms with E-state index < -0.39 is 9.85 Å². The second kappa shape index (κ2) is 6.73. The Kier molecular flexibility index (Phi) is 4.48. The molecule has 128 valence electrons. The van der Waals surface area contributed by atoms with E-state index in [1.165, 1.54) is 18.4 Å². The zero-order chi connectivity index (χ0) is 18.0. The third-order valence-corrected chi connectivity index (χ3v) is 4.38. The van der Waals surface area contributed by atoms with Crippen LogP contribution in [0.1, 0.15) is 6.92 Å². The number of non-ortho nitro benzene ring substituents is 1. The molecule has 2 aromatic heterocycles. The van der Waals surface area contributed by atoms with Crippen molar-refractivity contribution in [2.45, 2.75) is 23.5 Å². The molecule has 2 heterocycles. The Labute approximate surface area is 144 Å². The maximum atomic E-state index is 11.2. The molecule has 0 bridgehead atoms. The molecule has 0 radical (unpaired) electrons. The molecule has 0 saturated carbocycles. The molecule has 0 amide bonds. The summed E-state index contributed by atoms with van der Waals surface area (Å²) >= 11 is 1.02. The largest absolute Gasteiger partial charge is 0.461 e. The molecule has 3 rings (SSSR count). The molecule has 3 aromatic rings. The van der Waals surface area contributed by atoms with Gasteiger partial charge in [0.05, 0.1) is 27.1 Å². The van der Waals surface area contributed by atoms with Crippen LogP contribution in [0.25, 0.3) is 11.6 Å². The number of aromatic nitrogens is 3. The van der Waals surface area contributed by atoms with E-state index in [4.69, 9.17) is 4.42 Å². The van der Waals surface area contributed by atoms with Crippen LogP contribution < -0.4 is 0 Å². The number of hydrogen-bond donors (Lipinski definition) is 0. The van der Waals surface area contributed by atoms with Gasteiger partial charge in [-0.1, -0.05) is 0 Å². The number of rotatable bonds is 6. The summed E-state index contributed by atoms with van der Waals surface area (Å²) < 4.78 is 7.06. The standard InChI is InChI=1S/C14H11N5O5S/c1-2-17-13(11-4-3-7-24-11)15-16-14(17)25-12-6-5-9(18(20)21)8-10(12)19(22)23/h3-8H,2H2,1H3. The lowest BCUT2D eigenvalue weighted by Crippen LogP contribution is -2.00. The highest BCUT2D eigenvalue weighted by atomic mass is 32.2. The second-order valence-corrected chi connectivity index (χ2v) is 5.81. The van der Waals surface area contributed by atoms with E-state index in [9.17, 15) is 20.2 Å². The third-order valence-electron chi connectivity index (χ3n) is 3.33. The topological polar surface area (TPSA) is 130 Å². The molecule has 0 aliphatic carbocycles. The van der Waals surface area contributed by atoms with Gasteiger partial charge in [0.1, 0.15) is 0 Å². The van der Waals surface area contributed by atoms with Crippen molar-refractivity contribution in [1.82, 2.24) is 14.8 Å². The first kappa shape index (κ1) is 16.6. The lowest BCUT2D eigenvalue weighted by Gasteiger charge is -2.06. The van der Waals surface area contributed by atoms with Crippen LogP contribution in [-0.4, -0.2) is 24.6 Å². The monoisotopic (exact) mass is 361 g/mol. The smallest absolute Gasteiger partial charge is 0.290 e. The second-order valence-electron chi connectivity index (χ2n) is 4.80. The van der Waals surface area contributed by atoms with Gasteiger partial charge in [0.15, 0.2) is 16.7 Å². The fraction of sp³-hybridized carbons (Fsp3) is 0.143. The first-order valence-corrected chi connectivity index (χ1v) is 7.90. The molecule has 25 heavy (non-hydrogen) atoms. The summed E-state index contributed by atoms with van der Waals surface area (Å²) in [5.41, 5.74) is -0.700. The Hall–Kier alpha value is -3.21. The van der Waals surface area contributed by atoms with Crippen molar-refractivity contribution in [3.8, 4) is 11.6 Å². The van der Waals surface area contributed by atoms with Gasteiger partial charge >= 0.3 is 0 Å². The van der Waals surface area contributed by atoms with Crippen molar-refractivity contribution in [2.24, 2.45) is 0 Å². The molecule has 0 saturated heterocycles. The minimum atomic E-state index is -0.676. The van der Waals surface area contributed by atoms with Gasteiger partial charge in [0.25, 0.3) is 11.4 Å². The van der Waals surface area contributed by atoms with E-state index in [2.05, 4.69) is 10.2 Å². The van der Waals surface area contributed by atoms with Crippen molar-refractivity contribution >= 4 is 23.1 Å². The highest BCUT2D eigenvalue weighted by Crippen LogP contribution is 2.37. The fourth-order valence-electron chi connectivity index (χ4n) is 2.18. The van der Waals surface area contributed by atoms with Crippen molar-refractivity contribution in [3.05, 3.63) is 56.8 Å². The Morgan fingerprint density at radius 1 is 1.20 bits per heavy atom. The van der Waals surface area contributed by atoms with Crippen LogP contribution in [0.15, 0.2) is 51.1 Å². The van der Waals surface area contributed by atoms with Gasteiger partial charge in [-0.3, -0.25) is 24.8 Å². The van der Waals surface area contributed by atoms with Crippen molar-refractivity contribution < 1.29 is 14.3 Å². The quantitative estimate of drug-likeness (QED) is 0.481. The summed E-state index contributed by atoms with van der Waals surface area (Å²) in [5.74, 6) is 1.03. The van der Waals surface area contributed by atoms with Gasteiger partial charge in [0, 0.05) is 12.6 Å². The number of furan rings is 1.